The van der Waals surface area contributed by atoms with E-state index in [1.165, 1.54) is 0 Å². The van der Waals surface area contributed by atoms with Crippen molar-refractivity contribution in [1.82, 2.24) is 0 Å². The number of rotatable bonds is 5. The Kier molecular flexibility index (Phi) is 4.31. The maximum atomic E-state index is 13.1. The van der Waals surface area contributed by atoms with E-state index in [2.05, 4.69) is 18.3 Å². The molecule has 8 heteroatoms. The summed E-state index contributed by atoms with van der Waals surface area (Å²) in [6.07, 6.45) is 6.86. The number of carboxylic acid groups (broad SMARTS) is 1. The van der Waals surface area contributed by atoms with E-state index in [4.69, 9.17) is 9.84 Å². The molecule has 5 aliphatic rings. The quantitative estimate of drug-likeness (QED) is 0.516. The zero-order valence-corrected chi connectivity index (χ0v) is 18.1. The van der Waals surface area contributed by atoms with Gasteiger partial charge in [-0.25, -0.2) is 4.79 Å². The molecule has 32 heavy (non-hydrogen) atoms. The topological polar surface area (TPSA) is 133 Å². The first kappa shape index (κ1) is 21.0. The molecule has 1 aromatic carbocycles. The fraction of sp³-hybridized carbons (Fsp3) is 0.542. The molecule has 2 aliphatic heterocycles. The van der Waals surface area contributed by atoms with Crippen LogP contribution < -0.4 is 5.32 Å². The average molecular weight is 441 g/mol. The Balaban J connectivity index is 1.36. The number of phenols is 2. The number of nitrogens with one attached hydrogen (secondary N) is 1. The second kappa shape index (κ2) is 6.57. The van der Waals surface area contributed by atoms with Gasteiger partial charge in [0.15, 0.2) is 11.5 Å². The summed E-state index contributed by atoms with van der Waals surface area (Å²) in [6.45, 7) is 4.08. The highest BCUT2D eigenvalue weighted by Crippen LogP contribution is 2.71. The van der Waals surface area contributed by atoms with Crippen molar-refractivity contribution in [2.75, 3.05) is 5.32 Å². The molecule has 1 spiro atoms. The van der Waals surface area contributed by atoms with Crippen molar-refractivity contribution in [2.45, 2.75) is 57.7 Å². The van der Waals surface area contributed by atoms with Crippen molar-refractivity contribution in [1.29, 1.82) is 0 Å². The van der Waals surface area contributed by atoms with Gasteiger partial charge in [-0.05, 0) is 62.1 Å². The summed E-state index contributed by atoms with van der Waals surface area (Å²) in [5.41, 5.74) is -1.75. The van der Waals surface area contributed by atoms with Gasteiger partial charge in [0.2, 0.25) is 5.91 Å². The van der Waals surface area contributed by atoms with E-state index in [1.807, 2.05) is 6.92 Å². The highest BCUT2D eigenvalue weighted by molar-refractivity contribution is 6.00. The van der Waals surface area contributed by atoms with E-state index in [9.17, 15) is 24.6 Å². The number of carbonyl (C=O) groups excluding carboxylic acids is 2. The number of anilines is 1. The maximum absolute atomic E-state index is 13.1. The molecule has 2 unspecified atom stereocenters. The normalized spacial score (nSPS) is 38.7. The molecule has 6 atom stereocenters. The van der Waals surface area contributed by atoms with E-state index in [0.29, 0.717) is 5.92 Å². The smallest absolute Gasteiger partial charge is 0.339 e. The molecule has 1 amide bonds. The number of ketones is 1. The lowest BCUT2D eigenvalue weighted by atomic mass is 9.51. The minimum Gasteiger partial charge on any atom is -0.506 e. The van der Waals surface area contributed by atoms with E-state index < -0.39 is 34.4 Å². The van der Waals surface area contributed by atoms with Gasteiger partial charge < -0.3 is 25.4 Å². The number of allylic oxidation sites excluding steroid dienone is 2. The number of aromatic hydroxyl groups is 2. The summed E-state index contributed by atoms with van der Waals surface area (Å²) in [7, 11) is 0. The van der Waals surface area contributed by atoms with E-state index in [1.54, 1.807) is 6.08 Å². The van der Waals surface area contributed by atoms with Crippen LogP contribution in [0.3, 0.4) is 0 Å². The lowest BCUT2D eigenvalue weighted by Gasteiger charge is -2.55. The third kappa shape index (κ3) is 2.75. The van der Waals surface area contributed by atoms with Gasteiger partial charge in [0, 0.05) is 17.8 Å². The number of hydrogen-bond acceptors (Lipinski definition) is 6. The number of carboxylic acids is 1. The molecule has 2 saturated carbocycles. The van der Waals surface area contributed by atoms with Crippen LogP contribution in [0.1, 0.15) is 56.3 Å². The van der Waals surface area contributed by atoms with Crippen molar-refractivity contribution in [2.24, 2.45) is 22.7 Å². The number of carbonyl (C=O) groups is 3. The Morgan fingerprint density at radius 3 is 2.69 bits per heavy atom. The van der Waals surface area contributed by atoms with Crippen molar-refractivity contribution in [3.8, 4) is 11.5 Å². The first-order valence-electron chi connectivity index (χ1n) is 11.0. The van der Waals surface area contributed by atoms with Crippen LogP contribution in [0.4, 0.5) is 5.69 Å². The van der Waals surface area contributed by atoms with Gasteiger partial charge in [-0.15, -0.1) is 0 Å². The van der Waals surface area contributed by atoms with Crippen LogP contribution in [0, 0.1) is 22.7 Å². The van der Waals surface area contributed by atoms with Crippen LogP contribution in [0.25, 0.3) is 0 Å². The first-order valence-corrected chi connectivity index (χ1v) is 11.0. The zero-order valence-electron chi connectivity index (χ0n) is 18.1. The first-order chi connectivity index (χ1) is 15.0. The van der Waals surface area contributed by atoms with Gasteiger partial charge in [0.1, 0.15) is 17.0 Å². The molecule has 4 fully saturated rings. The summed E-state index contributed by atoms with van der Waals surface area (Å²) in [4.78, 5) is 37.0. The second-order valence-corrected chi connectivity index (χ2v) is 10.3. The van der Waals surface area contributed by atoms with E-state index in [0.717, 1.165) is 31.4 Å². The third-order valence-corrected chi connectivity index (χ3v) is 8.44. The lowest BCUT2D eigenvalue weighted by molar-refractivity contribution is -0.169. The summed E-state index contributed by atoms with van der Waals surface area (Å²) in [6, 6.07) is 2.16. The highest BCUT2D eigenvalue weighted by atomic mass is 16.5. The molecule has 4 bridgehead atoms. The third-order valence-electron chi connectivity index (χ3n) is 8.44. The Bertz CT molecular complexity index is 1080. The summed E-state index contributed by atoms with van der Waals surface area (Å²) >= 11 is 0. The number of hydrogen-bond donors (Lipinski definition) is 4. The molecule has 3 aliphatic carbocycles. The molecule has 0 aromatic heterocycles. The van der Waals surface area contributed by atoms with Crippen LogP contribution in [0.2, 0.25) is 0 Å². The number of benzene rings is 1. The van der Waals surface area contributed by atoms with Gasteiger partial charge in [0.25, 0.3) is 0 Å². The second-order valence-electron chi connectivity index (χ2n) is 10.3. The van der Waals surface area contributed by atoms with Crippen LogP contribution in [0.5, 0.6) is 11.5 Å². The molecule has 6 rings (SSSR count). The summed E-state index contributed by atoms with van der Waals surface area (Å²) in [5.74, 6) is -2.55. The highest BCUT2D eigenvalue weighted by Gasteiger charge is 2.71. The van der Waals surface area contributed by atoms with Crippen molar-refractivity contribution in [3.63, 3.8) is 0 Å². The molecule has 0 radical (unpaired) electrons. The largest absolute Gasteiger partial charge is 0.506 e. The Labute approximate surface area is 185 Å². The molecule has 2 heterocycles. The summed E-state index contributed by atoms with van der Waals surface area (Å²) < 4.78 is 6.41. The SMILES string of the molecule is C[C@]12CC34C=CC(=O)[C@@](C)(CCC(=O)Nc5c(O)ccc(C(=O)O)c5O)[C@@H]3[C@H](CC1C4)O2. The van der Waals surface area contributed by atoms with Gasteiger partial charge in [0.05, 0.1) is 11.7 Å². The van der Waals surface area contributed by atoms with Gasteiger partial charge in [-0.1, -0.05) is 13.0 Å². The van der Waals surface area contributed by atoms with E-state index in [-0.39, 0.29) is 47.4 Å². The van der Waals surface area contributed by atoms with Crippen LogP contribution in [0.15, 0.2) is 24.3 Å². The fourth-order valence-electron chi connectivity index (χ4n) is 7.09. The van der Waals surface area contributed by atoms with Crippen LogP contribution in [-0.2, 0) is 14.3 Å². The number of phenolic OH excluding ortho intramolecular Hbond substituents is 1. The molecular formula is C24H27NO7. The number of amides is 1. The maximum Gasteiger partial charge on any atom is 0.339 e. The molecule has 2 saturated heterocycles. The molecule has 8 nitrogen and oxygen atoms in total. The Morgan fingerprint density at radius 2 is 2.00 bits per heavy atom. The van der Waals surface area contributed by atoms with Crippen LogP contribution in [-0.4, -0.2) is 44.7 Å². The number of ether oxygens (including phenoxy) is 1. The minimum absolute atomic E-state index is 0.00395. The minimum atomic E-state index is -1.38. The summed E-state index contributed by atoms with van der Waals surface area (Å²) in [5, 5.41) is 31.7. The predicted molar refractivity (Wildman–Crippen MR) is 113 cm³/mol. The predicted octanol–water partition coefficient (Wildman–Crippen LogP) is 3.23. The van der Waals surface area contributed by atoms with Crippen LogP contribution >= 0.6 is 0 Å². The van der Waals surface area contributed by atoms with Gasteiger partial charge >= 0.3 is 5.97 Å². The van der Waals surface area contributed by atoms with Gasteiger partial charge in [-0.2, -0.15) is 0 Å². The van der Waals surface area contributed by atoms with Crippen molar-refractivity contribution in [3.05, 3.63) is 29.8 Å². The Hall–Kier alpha value is -2.87. The van der Waals surface area contributed by atoms with Crippen molar-refractivity contribution >= 4 is 23.3 Å². The average Bonchev–Trinajstić information content (AvgIpc) is 3.08. The fourth-order valence-corrected chi connectivity index (χ4v) is 7.09. The number of aromatic carboxylic acids is 1. The molecular weight excluding hydrogens is 414 g/mol. The van der Waals surface area contributed by atoms with E-state index >= 15 is 0 Å². The molecule has 4 N–H and O–H groups in total. The van der Waals surface area contributed by atoms with Crippen molar-refractivity contribution < 1.29 is 34.4 Å². The standard InChI is InChI=1S/C24H27NO7/c1-22(7-6-17(28)25-18-14(26)4-3-13(19(18)29)21(30)31)16(27)5-8-24-10-12-9-15(20(22)24)32-23(12,2)11-24/h3-5,8,12,15,20,26,29H,6-7,9-11H2,1-2H3,(H,25,28)(H,30,31)/t12?,15-,20-,22+,23-,24?/m0/s1. The monoisotopic (exact) mass is 441 g/mol. The zero-order chi connectivity index (χ0) is 23.1. The molecule has 1 aromatic rings. The molecule has 170 valence electrons. The Morgan fingerprint density at radius 1 is 1.25 bits per heavy atom. The van der Waals surface area contributed by atoms with Gasteiger partial charge in [-0.3, -0.25) is 9.59 Å². The lowest BCUT2D eigenvalue weighted by Crippen LogP contribution is -2.56.